The van der Waals surface area contributed by atoms with Crippen molar-refractivity contribution in [2.45, 2.75) is 46.2 Å². The van der Waals surface area contributed by atoms with Crippen LogP contribution < -0.4 is 5.32 Å². The lowest BCUT2D eigenvalue weighted by Crippen LogP contribution is -2.29. The van der Waals surface area contributed by atoms with Crippen LogP contribution in [0.2, 0.25) is 0 Å². The molecule has 0 amide bonds. The third kappa shape index (κ3) is 3.48. The highest BCUT2D eigenvalue weighted by Crippen LogP contribution is 2.18. The van der Waals surface area contributed by atoms with Gasteiger partial charge in [0.25, 0.3) is 0 Å². The van der Waals surface area contributed by atoms with Crippen LogP contribution in [-0.2, 0) is 11.3 Å². The Hall–Kier alpha value is -2.17. The highest BCUT2D eigenvalue weighted by Gasteiger charge is 2.18. The van der Waals surface area contributed by atoms with E-state index in [4.69, 9.17) is 0 Å². The molecule has 0 saturated carbocycles. The van der Waals surface area contributed by atoms with Gasteiger partial charge in [0.2, 0.25) is 5.95 Å². The number of carbonyl (C=O) groups excluding carboxylic acids is 1. The first-order valence-electron chi connectivity index (χ1n) is 7.49. The number of anilines is 1. The van der Waals surface area contributed by atoms with Gasteiger partial charge in [-0.3, -0.25) is 4.79 Å². The Bertz CT molecular complexity index is 592. The molecule has 0 bridgehead atoms. The van der Waals surface area contributed by atoms with E-state index in [0.717, 1.165) is 12.0 Å². The fourth-order valence-electron chi connectivity index (χ4n) is 2.19. The van der Waals surface area contributed by atoms with Gasteiger partial charge in [0.1, 0.15) is 0 Å². The largest absolute Gasteiger partial charge is 0.345 e. The summed E-state index contributed by atoms with van der Waals surface area (Å²) in [6.45, 7) is 6.60. The minimum Gasteiger partial charge on any atom is -0.345 e. The van der Waals surface area contributed by atoms with E-state index in [1.807, 2.05) is 51.1 Å². The summed E-state index contributed by atoms with van der Waals surface area (Å²) in [5.41, 5.74) is 0.975. The zero-order chi connectivity index (χ0) is 15.2. The lowest BCUT2D eigenvalue weighted by Gasteiger charge is -2.15. The minimum absolute atomic E-state index is 0.199. The first-order chi connectivity index (χ1) is 10.2. The van der Waals surface area contributed by atoms with Crippen molar-refractivity contribution in [1.29, 1.82) is 0 Å². The Morgan fingerprint density at radius 1 is 1.24 bits per heavy atom. The molecule has 0 fully saturated rings. The minimum atomic E-state index is -0.201. The number of nitrogens with one attached hydrogen (secondary N) is 1. The lowest BCUT2D eigenvalue weighted by molar-refractivity contribution is -0.119. The van der Waals surface area contributed by atoms with Crippen molar-refractivity contribution < 1.29 is 4.79 Å². The van der Waals surface area contributed by atoms with E-state index in [9.17, 15) is 4.79 Å². The number of nitrogens with zero attached hydrogens (tertiary/aromatic N) is 3. The zero-order valence-corrected chi connectivity index (χ0v) is 12.8. The van der Waals surface area contributed by atoms with Gasteiger partial charge < -0.3 is 5.32 Å². The van der Waals surface area contributed by atoms with E-state index in [1.165, 1.54) is 0 Å². The molecule has 21 heavy (non-hydrogen) atoms. The molecule has 0 aliphatic rings. The third-order valence-corrected chi connectivity index (χ3v) is 3.45. The number of aromatic nitrogens is 3. The number of hydrogen-bond donors (Lipinski definition) is 1. The van der Waals surface area contributed by atoms with Gasteiger partial charge in [-0.05, 0) is 13.3 Å². The predicted molar refractivity (Wildman–Crippen MR) is 84.1 cm³/mol. The number of rotatable bonds is 7. The zero-order valence-electron chi connectivity index (χ0n) is 12.8. The van der Waals surface area contributed by atoms with Gasteiger partial charge in [0.15, 0.2) is 11.6 Å². The number of carbonyl (C=O) groups is 1. The first-order valence-corrected chi connectivity index (χ1v) is 7.49. The van der Waals surface area contributed by atoms with E-state index >= 15 is 0 Å². The Balaban J connectivity index is 2.27. The second-order valence-corrected chi connectivity index (χ2v) is 4.87. The van der Waals surface area contributed by atoms with Gasteiger partial charge in [0, 0.05) is 18.5 Å². The predicted octanol–water partition coefficient (Wildman–Crippen LogP) is 3.13. The van der Waals surface area contributed by atoms with Crippen molar-refractivity contribution in [3.8, 4) is 11.4 Å². The third-order valence-electron chi connectivity index (χ3n) is 3.45. The summed E-state index contributed by atoms with van der Waals surface area (Å²) >= 11 is 0. The molecule has 2 rings (SSSR count). The Morgan fingerprint density at radius 3 is 2.52 bits per heavy atom. The second kappa shape index (κ2) is 7.02. The Labute approximate surface area is 125 Å². The molecule has 1 N–H and O–H groups in total. The fourth-order valence-corrected chi connectivity index (χ4v) is 2.19. The van der Waals surface area contributed by atoms with Crippen LogP contribution >= 0.6 is 0 Å². The second-order valence-electron chi connectivity index (χ2n) is 4.87. The van der Waals surface area contributed by atoms with E-state index in [0.29, 0.717) is 24.7 Å². The monoisotopic (exact) mass is 286 g/mol. The number of hydrogen-bond acceptors (Lipinski definition) is 4. The Morgan fingerprint density at radius 2 is 1.95 bits per heavy atom. The molecular weight excluding hydrogens is 264 g/mol. The summed E-state index contributed by atoms with van der Waals surface area (Å²) in [6, 6.07) is 9.65. The van der Waals surface area contributed by atoms with Crippen LogP contribution in [0.3, 0.4) is 0 Å². The van der Waals surface area contributed by atoms with E-state index in [-0.39, 0.29) is 11.8 Å². The number of aryl methyl sites for hydroxylation is 1. The fraction of sp³-hybridized carbons (Fsp3) is 0.438. The van der Waals surface area contributed by atoms with Gasteiger partial charge in [-0.1, -0.05) is 44.2 Å². The number of benzene rings is 1. The first kappa shape index (κ1) is 15.2. The average Bonchev–Trinajstić information content (AvgIpc) is 2.95. The molecule has 1 unspecified atom stereocenters. The van der Waals surface area contributed by atoms with E-state index < -0.39 is 0 Å². The molecule has 0 saturated heterocycles. The average molecular weight is 286 g/mol. The van der Waals surface area contributed by atoms with Crippen molar-refractivity contribution in [2.24, 2.45) is 0 Å². The summed E-state index contributed by atoms with van der Waals surface area (Å²) < 4.78 is 1.80. The molecular formula is C16H22N4O. The lowest BCUT2D eigenvalue weighted by atomic mass is 10.1. The molecule has 1 atom stereocenters. The molecule has 5 heteroatoms. The highest BCUT2D eigenvalue weighted by molar-refractivity contribution is 5.85. The van der Waals surface area contributed by atoms with Crippen molar-refractivity contribution >= 4 is 11.7 Å². The molecule has 2 aromatic rings. The normalized spacial score (nSPS) is 12.1. The van der Waals surface area contributed by atoms with Crippen molar-refractivity contribution in [1.82, 2.24) is 14.8 Å². The van der Waals surface area contributed by atoms with Crippen LogP contribution in [0.1, 0.15) is 33.6 Å². The van der Waals surface area contributed by atoms with E-state index in [1.54, 1.807) is 4.68 Å². The van der Waals surface area contributed by atoms with Gasteiger partial charge in [0.05, 0.1) is 6.04 Å². The molecule has 1 aromatic heterocycles. The van der Waals surface area contributed by atoms with Crippen LogP contribution in [-0.4, -0.2) is 26.6 Å². The van der Waals surface area contributed by atoms with Crippen LogP contribution in [0.4, 0.5) is 5.95 Å². The van der Waals surface area contributed by atoms with Crippen LogP contribution in [0.25, 0.3) is 11.4 Å². The Kier molecular flexibility index (Phi) is 5.09. The maximum atomic E-state index is 11.9. The SMILES string of the molecule is CCC(=O)C(CC)Nc1nc(-c2ccccc2)nn1CC. The summed E-state index contributed by atoms with van der Waals surface area (Å²) in [5.74, 6) is 1.54. The topological polar surface area (TPSA) is 59.8 Å². The molecule has 0 spiro atoms. The molecule has 1 aromatic carbocycles. The molecule has 0 radical (unpaired) electrons. The molecule has 0 aliphatic carbocycles. The van der Waals surface area contributed by atoms with Gasteiger partial charge in [-0.25, -0.2) is 4.68 Å². The molecule has 1 heterocycles. The molecule has 112 valence electrons. The maximum Gasteiger partial charge on any atom is 0.222 e. The molecule has 0 aliphatic heterocycles. The van der Waals surface area contributed by atoms with Crippen LogP contribution in [0, 0.1) is 0 Å². The standard InChI is InChI=1S/C16H22N4O/c1-4-13(14(21)5-2)17-16-18-15(19-20(16)6-3)12-10-8-7-9-11-12/h7-11,13H,4-6H2,1-3H3,(H,17,18,19). The summed E-state index contributed by atoms with van der Waals surface area (Å²) in [7, 11) is 0. The van der Waals surface area contributed by atoms with Crippen LogP contribution in [0.15, 0.2) is 30.3 Å². The highest BCUT2D eigenvalue weighted by atomic mass is 16.1. The molecule has 5 nitrogen and oxygen atoms in total. The van der Waals surface area contributed by atoms with Gasteiger partial charge in [-0.15, -0.1) is 5.10 Å². The van der Waals surface area contributed by atoms with Crippen molar-refractivity contribution in [3.63, 3.8) is 0 Å². The van der Waals surface area contributed by atoms with Gasteiger partial charge >= 0.3 is 0 Å². The summed E-state index contributed by atoms with van der Waals surface area (Å²) in [6.07, 6.45) is 1.27. The summed E-state index contributed by atoms with van der Waals surface area (Å²) in [4.78, 5) is 16.4. The maximum absolute atomic E-state index is 11.9. The van der Waals surface area contributed by atoms with Crippen LogP contribution in [0.5, 0.6) is 0 Å². The van der Waals surface area contributed by atoms with Crippen molar-refractivity contribution in [2.75, 3.05) is 5.32 Å². The number of ketones is 1. The van der Waals surface area contributed by atoms with Gasteiger partial charge in [-0.2, -0.15) is 4.98 Å². The van der Waals surface area contributed by atoms with Crippen molar-refractivity contribution in [3.05, 3.63) is 30.3 Å². The number of Topliss-reactive ketones (excluding diaryl/α,β-unsaturated/α-hetero) is 1. The van der Waals surface area contributed by atoms with E-state index in [2.05, 4.69) is 15.4 Å². The smallest absolute Gasteiger partial charge is 0.222 e. The quantitative estimate of drug-likeness (QED) is 0.849. The summed E-state index contributed by atoms with van der Waals surface area (Å²) in [5, 5.41) is 7.73.